The van der Waals surface area contributed by atoms with Crippen LogP contribution in [-0.4, -0.2) is 18.1 Å². The number of pyridine rings is 1. The molecule has 0 amide bonds. The molecule has 0 aliphatic heterocycles. The lowest BCUT2D eigenvalue weighted by Gasteiger charge is -2.11. The number of carbonyl (C=O) groups excluding carboxylic acids is 1. The number of carbonyl (C=O) groups is 1. The number of hydrogen-bond donors (Lipinski definition) is 0. The number of esters is 1. The summed E-state index contributed by atoms with van der Waals surface area (Å²) in [6.07, 6.45) is 0. The Morgan fingerprint density at radius 2 is 1.75 bits per heavy atom. The molecule has 0 N–H and O–H groups in total. The summed E-state index contributed by atoms with van der Waals surface area (Å²) in [7, 11) is 1.25. The van der Waals surface area contributed by atoms with Crippen LogP contribution in [0.3, 0.4) is 0 Å². The van der Waals surface area contributed by atoms with E-state index in [4.69, 9.17) is 4.74 Å². The number of aromatic nitrogens is 1. The van der Waals surface area contributed by atoms with Gasteiger partial charge in [-0.3, -0.25) is 0 Å². The predicted octanol–water partition coefficient (Wildman–Crippen LogP) is 3.88. The van der Waals surface area contributed by atoms with Gasteiger partial charge in [0, 0.05) is 11.5 Å². The lowest BCUT2D eigenvalue weighted by Crippen LogP contribution is -2.06. The molecule has 24 heavy (non-hydrogen) atoms. The topological polar surface area (TPSA) is 48.4 Å². The molecule has 2 aromatic carbocycles. The van der Waals surface area contributed by atoms with Gasteiger partial charge in [0.25, 0.3) is 0 Å². The van der Waals surface area contributed by atoms with Crippen molar-refractivity contribution in [2.45, 2.75) is 6.61 Å². The Morgan fingerprint density at radius 1 is 1.04 bits per heavy atom. The SMILES string of the molecule is COC(=O)c1cc(OCc2ccc(F)cc2)c2cc(F)ccc2n1. The van der Waals surface area contributed by atoms with Crippen LogP contribution < -0.4 is 4.74 Å². The third-order valence-corrected chi connectivity index (χ3v) is 3.43. The van der Waals surface area contributed by atoms with E-state index in [-0.39, 0.29) is 18.1 Å². The molecule has 1 heterocycles. The quantitative estimate of drug-likeness (QED) is 0.682. The molecule has 0 spiro atoms. The minimum atomic E-state index is -0.618. The van der Waals surface area contributed by atoms with Crippen LogP contribution in [0.4, 0.5) is 8.78 Å². The summed E-state index contributed by atoms with van der Waals surface area (Å²) >= 11 is 0. The molecular formula is C18H13F2NO3. The highest BCUT2D eigenvalue weighted by Gasteiger charge is 2.14. The van der Waals surface area contributed by atoms with E-state index in [1.807, 2.05) is 0 Å². The van der Waals surface area contributed by atoms with E-state index in [9.17, 15) is 13.6 Å². The van der Waals surface area contributed by atoms with Crippen LogP contribution >= 0.6 is 0 Å². The smallest absolute Gasteiger partial charge is 0.356 e. The summed E-state index contributed by atoms with van der Waals surface area (Å²) in [5.74, 6) is -1.11. The van der Waals surface area contributed by atoms with Crippen molar-refractivity contribution in [3.05, 3.63) is 71.4 Å². The molecule has 0 saturated heterocycles. The van der Waals surface area contributed by atoms with Crippen LogP contribution in [0.2, 0.25) is 0 Å². The number of halogens is 2. The summed E-state index contributed by atoms with van der Waals surface area (Å²) in [5.41, 5.74) is 1.21. The van der Waals surface area contributed by atoms with E-state index in [1.54, 1.807) is 12.1 Å². The fourth-order valence-corrected chi connectivity index (χ4v) is 2.24. The molecule has 0 aliphatic carbocycles. The van der Waals surface area contributed by atoms with Gasteiger partial charge in [-0.15, -0.1) is 0 Å². The molecule has 0 saturated carbocycles. The first-order valence-electron chi connectivity index (χ1n) is 7.12. The molecule has 0 fully saturated rings. The number of methoxy groups -OCH3 is 1. The number of nitrogens with zero attached hydrogens (tertiary/aromatic N) is 1. The largest absolute Gasteiger partial charge is 0.488 e. The van der Waals surface area contributed by atoms with Crippen LogP contribution in [0.15, 0.2) is 48.5 Å². The lowest BCUT2D eigenvalue weighted by molar-refractivity contribution is 0.0594. The molecule has 0 bridgehead atoms. The van der Waals surface area contributed by atoms with Crippen LogP contribution in [0.1, 0.15) is 16.1 Å². The first kappa shape index (κ1) is 15.9. The number of fused-ring (bicyclic) bond motifs is 1. The number of rotatable bonds is 4. The third kappa shape index (κ3) is 3.32. The zero-order valence-electron chi connectivity index (χ0n) is 12.8. The highest BCUT2D eigenvalue weighted by Crippen LogP contribution is 2.27. The summed E-state index contributed by atoms with van der Waals surface area (Å²) in [6.45, 7) is 0.135. The normalized spacial score (nSPS) is 10.6. The number of hydrogen-bond acceptors (Lipinski definition) is 4. The van der Waals surface area contributed by atoms with Crippen LogP contribution in [-0.2, 0) is 11.3 Å². The highest BCUT2D eigenvalue weighted by atomic mass is 19.1. The Morgan fingerprint density at radius 3 is 2.46 bits per heavy atom. The molecule has 6 heteroatoms. The van der Waals surface area contributed by atoms with Crippen molar-refractivity contribution in [2.24, 2.45) is 0 Å². The number of ether oxygens (including phenoxy) is 2. The van der Waals surface area contributed by atoms with Crippen molar-refractivity contribution in [3.8, 4) is 5.75 Å². The molecule has 122 valence electrons. The molecule has 0 radical (unpaired) electrons. The van der Waals surface area contributed by atoms with E-state index in [1.165, 1.54) is 43.5 Å². The van der Waals surface area contributed by atoms with Gasteiger partial charge in [0.1, 0.15) is 24.0 Å². The van der Waals surface area contributed by atoms with Crippen molar-refractivity contribution < 1.29 is 23.0 Å². The maximum absolute atomic E-state index is 13.5. The van der Waals surface area contributed by atoms with Crippen LogP contribution in [0, 0.1) is 11.6 Å². The van der Waals surface area contributed by atoms with Crippen LogP contribution in [0.25, 0.3) is 10.9 Å². The summed E-state index contributed by atoms with van der Waals surface area (Å²) < 4.78 is 36.8. The standard InChI is InChI=1S/C18H13F2NO3/c1-23-18(22)16-9-17(14-8-13(20)6-7-15(14)21-16)24-10-11-2-4-12(19)5-3-11/h2-9H,10H2,1H3. The van der Waals surface area contributed by atoms with Crippen molar-refractivity contribution in [1.82, 2.24) is 4.98 Å². The van der Waals surface area contributed by atoms with Gasteiger partial charge in [0.15, 0.2) is 5.69 Å². The van der Waals surface area contributed by atoms with Crippen LogP contribution in [0.5, 0.6) is 5.75 Å². The Kier molecular flexibility index (Phi) is 4.37. The Hall–Kier alpha value is -3.02. The monoisotopic (exact) mass is 329 g/mol. The second-order valence-electron chi connectivity index (χ2n) is 5.07. The molecule has 3 rings (SSSR count). The van der Waals surface area contributed by atoms with Crippen molar-refractivity contribution in [2.75, 3.05) is 7.11 Å². The minimum absolute atomic E-state index is 0.0608. The van der Waals surface area contributed by atoms with Gasteiger partial charge in [0.2, 0.25) is 0 Å². The third-order valence-electron chi connectivity index (χ3n) is 3.43. The molecule has 1 aromatic heterocycles. The molecule has 0 aliphatic rings. The Labute approximate surface area is 136 Å². The van der Waals surface area contributed by atoms with Crippen molar-refractivity contribution >= 4 is 16.9 Å². The van der Waals surface area contributed by atoms with Gasteiger partial charge in [-0.1, -0.05) is 12.1 Å². The predicted molar refractivity (Wildman–Crippen MR) is 83.8 cm³/mol. The maximum Gasteiger partial charge on any atom is 0.356 e. The fraction of sp³-hybridized carbons (Fsp3) is 0.111. The minimum Gasteiger partial charge on any atom is -0.488 e. The van der Waals surface area contributed by atoms with Crippen molar-refractivity contribution in [3.63, 3.8) is 0 Å². The Bertz CT molecular complexity index is 895. The van der Waals surface area contributed by atoms with Gasteiger partial charge in [-0.25, -0.2) is 18.6 Å². The van der Waals surface area contributed by atoms with E-state index >= 15 is 0 Å². The highest BCUT2D eigenvalue weighted by molar-refractivity contribution is 5.94. The Balaban J connectivity index is 1.98. The molecule has 4 nitrogen and oxygen atoms in total. The fourth-order valence-electron chi connectivity index (χ4n) is 2.24. The lowest BCUT2D eigenvalue weighted by atomic mass is 10.1. The first-order chi connectivity index (χ1) is 11.6. The maximum atomic E-state index is 13.5. The number of benzene rings is 2. The molecule has 3 aromatic rings. The molecule has 0 unspecified atom stereocenters. The second-order valence-corrected chi connectivity index (χ2v) is 5.07. The van der Waals surface area contributed by atoms with E-state index in [0.717, 1.165) is 5.56 Å². The average molecular weight is 329 g/mol. The zero-order valence-corrected chi connectivity index (χ0v) is 12.8. The molecule has 0 atom stereocenters. The van der Waals surface area contributed by atoms with E-state index in [2.05, 4.69) is 9.72 Å². The summed E-state index contributed by atoms with van der Waals surface area (Å²) in [5, 5.41) is 0.435. The first-order valence-corrected chi connectivity index (χ1v) is 7.12. The van der Waals surface area contributed by atoms with Gasteiger partial charge in [0.05, 0.1) is 12.6 Å². The van der Waals surface area contributed by atoms with Gasteiger partial charge < -0.3 is 9.47 Å². The summed E-state index contributed by atoms with van der Waals surface area (Å²) in [4.78, 5) is 15.9. The van der Waals surface area contributed by atoms with Gasteiger partial charge in [-0.05, 0) is 35.9 Å². The van der Waals surface area contributed by atoms with Crippen molar-refractivity contribution in [1.29, 1.82) is 0 Å². The zero-order chi connectivity index (χ0) is 17.1. The summed E-state index contributed by atoms with van der Waals surface area (Å²) in [6, 6.07) is 11.2. The van der Waals surface area contributed by atoms with E-state index < -0.39 is 11.8 Å². The van der Waals surface area contributed by atoms with Gasteiger partial charge in [-0.2, -0.15) is 0 Å². The van der Waals surface area contributed by atoms with E-state index in [0.29, 0.717) is 16.7 Å². The second kappa shape index (κ2) is 6.62. The average Bonchev–Trinajstić information content (AvgIpc) is 2.60. The van der Waals surface area contributed by atoms with Gasteiger partial charge >= 0.3 is 5.97 Å². The molecular weight excluding hydrogens is 316 g/mol.